The molecule has 0 atom stereocenters. The summed E-state index contributed by atoms with van der Waals surface area (Å²) in [7, 11) is 1.56. The lowest BCUT2D eigenvalue weighted by Gasteiger charge is -2.16. The molecule has 26 heavy (non-hydrogen) atoms. The van der Waals surface area contributed by atoms with E-state index in [9.17, 15) is 4.79 Å². The molecule has 0 saturated carbocycles. The first-order chi connectivity index (χ1) is 12.4. The molecule has 1 N–H and O–H groups in total. The largest absolute Gasteiger partial charge is 0.493 e. The Hall–Kier alpha value is -1.53. The molecular formula is C20H23Br2NO3. The summed E-state index contributed by atoms with van der Waals surface area (Å²) in [5, 5.41) is 3.00. The minimum absolute atomic E-state index is 0.199. The van der Waals surface area contributed by atoms with E-state index in [-0.39, 0.29) is 11.8 Å². The lowest BCUT2D eigenvalue weighted by molar-refractivity contribution is 0.102. The Balaban J connectivity index is 2.32. The quantitative estimate of drug-likeness (QED) is 0.495. The monoisotopic (exact) mass is 483 g/mol. The topological polar surface area (TPSA) is 47.6 Å². The van der Waals surface area contributed by atoms with E-state index in [4.69, 9.17) is 9.47 Å². The van der Waals surface area contributed by atoms with E-state index >= 15 is 0 Å². The van der Waals surface area contributed by atoms with E-state index in [0.717, 1.165) is 22.1 Å². The average Bonchev–Trinajstić information content (AvgIpc) is 2.61. The first kappa shape index (κ1) is 20.8. The van der Waals surface area contributed by atoms with Crippen molar-refractivity contribution >= 4 is 43.5 Å². The predicted octanol–water partition coefficient (Wildman–Crippen LogP) is 6.38. The maximum absolute atomic E-state index is 12.8. The molecule has 2 aromatic carbocycles. The molecule has 2 aromatic rings. The van der Waals surface area contributed by atoms with Gasteiger partial charge < -0.3 is 14.8 Å². The summed E-state index contributed by atoms with van der Waals surface area (Å²) in [6, 6.07) is 9.29. The molecule has 0 bridgehead atoms. The standard InChI is InChI=1S/C20H23Br2NO3/c1-5-8-26-19-16(22)9-13(10-18(19)25-4)20(24)23-17-7-6-14(21)11-15(17)12(2)3/h6-7,9-12H,5,8H2,1-4H3,(H,23,24). The van der Waals surface area contributed by atoms with E-state index in [1.165, 1.54) is 0 Å². The first-order valence-corrected chi connectivity index (χ1v) is 10.1. The highest BCUT2D eigenvalue weighted by molar-refractivity contribution is 9.10. The smallest absolute Gasteiger partial charge is 0.255 e. The molecule has 0 aliphatic heterocycles. The van der Waals surface area contributed by atoms with Crippen LogP contribution in [0.3, 0.4) is 0 Å². The average molecular weight is 485 g/mol. The predicted molar refractivity (Wildman–Crippen MR) is 113 cm³/mol. The Kier molecular flexibility index (Phi) is 7.53. The van der Waals surface area contributed by atoms with Gasteiger partial charge in [0.25, 0.3) is 5.91 Å². The van der Waals surface area contributed by atoms with Crippen LogP contribution in [0.5, 0.6) is 11.5 Å². The van der Waals surface area contributed by atoms with E-state index in [1.54, 1.807) is 19.2 Å². The van der Waals surface area contributed by atoms with Crippen molar-refractivity contribution in [2.24, 2.45) is 0 Å². The van der Waals surface area contributed by atoms with Gasteiger partial charge >= 0.3 is 0 Å². The van der Waals surface area contributed by atoms with Crippen LogP contribution in [0.25, 0.3) is 0 Å². The van der Waals surface area contributed by atoms with E-state index in [2.05, 4.69) is 51.0 Å². The molecule has 0 aromatic heterocycles. The Bertz CT molecular complexity index is 791. The highest BCUT2D eigenvalue weighted by Crippen LogP contribution is 2.37. The zero-order valence-electron chi connectivity index (χ0n) is 15.4. The number of carbonyl (C=O) groups excluding carboxylic acids is 1. The number of benzene rings is 2. The Morgan fingerprint density at radius 3 is 2.54 bits per heavy atom. The summed E-state index contributed by atoms with van der Waals surface area (Å²) >= 11 is 6.96. The molecule has 1 amide bonds. The second-order valence-corrected chi connectivity index (χ2v) is 7.95. The van der Waals surface area contributed by atoms with Gasteiger partial charge in [-0.05, 0) is 64.2 Å². The highest BCUT2D eigenvalue weighted by atomic mass is 79.9. The van der Waals surface area contributed by atoms with Gasteiger partial charge in [0.05, 0.1) is 18.2 Å². The van der Waals surface area contributed by atoms with Gasteiger partial charge in [-0.2, -0.15) is 0 Å². The van der Waals surface area contributed by atoms with Crippen LogP contribution in [0.1, 0.15) is 49.0 Å². The van der Waals surface area contributed by atoms with Crippen molar-refractivity contribution in [1.82, 2.24) is 0 Å². The lowest BCUT2D eigenvalue weighted by atomic mass is 10.0. The number of methoxy groups -OCH3 is 1. The zero-order valence-corrected chi connectivity index (χ0v) is 18.5. The number of hydrogen-bond donors (Lipinski definition) is 1. The van der Waals surface area contributed by atoms with Crippen molar-refractivity contribution in [3.63, 3.8) is 0 Å². The molecule has 140 valence electrons. The molecule has 6 heteroatoms. The third-order valence-electron chi connectivity index (χ3n) is 3.83. The number of ether oxygens (including phenoxy) is 2. The van der Waals surface area contributed by atoms with Crippen LogP contribution >= 0.6 is 31.9 Å². The van der Waals surface area contributed by atoms with Crippen molar-refractivity contribution in [3.05, 3.63) is 50.4 Å². The van der Waals surface area contributed by atoms with Crippen LogP contribution in [0.2, 0.25) is 0 Å². The van der Waals surface area contributed by atoms with Crippen molar-refractivity contribution in [3.8, 4) is 11.5 Å². The van der Waals surface area contributed by atoms with E-state index in [1.807, 2.05) is 25.1 Å². The van der Waals surface area contributed by atoms with Gasteiger partial charge in [0.1, 0.15) is 0 Å². The summed E-state index contributed by atoms with van der Waals surface area (Å²) in [6.07, 6.45) is 0.888. The molecule has 0 fully saturated rings. The molecule has 0 aliphatic carbocycles. The van der Waals surface area contributed by atoms with Crippen LogP contribution in [-0.4, -0.2) is 19.6 Å². The fraction of sp³-hybridized carbons (Fsp3) is 0.350. The van der Waals surface area contributed by atoms with Crippen LogP contribution < -0.4 is 14.8 Å². The second kappa shape index (κ2) is 9.42. The lowest BCUT2D eigenvalue weighted by Crippen LogP contribution is -2.14. The fourth-order valence-electron chi connectivity index (χ4n) is 2.51. The molecule has 0 radical (unpaired) electrons. The van der Waals surface area contributed by atoms with Crippen LogP contribution in [0.4, 0.5) is 5.69 Å². The Labute approximate surface area is 171 Å². The van der Waals surface area contributed by atoms with Gasteiger partial charge in [-0.3, -0.25) is 4.79 Å². The minimum Gasteiger partial charge on any atom is -0.493 e. The summed E-state index contributed by atoms with van der Waals surface area (Å²) in [5.41, 5.74) is 2.37. The second-order valence-electron chi connectivity index (χ2n) is 6.18. The van der Waals surface area contributed by atoms with Gasteiger partial charge in [0, 0.05) is 15.7 Å². The molecule has 4 nitrogen and oxygen atoms in total. The van der Waals surface area contributed by atoms with Crippen molar-refractivity contribution in [1.29, 1.82) is 0 Å². The number of carbonyl (C=O) groups is 1. The van der Waals surface area contributed by atoms with Crippen LogP contribution in [-0.2, 0) is 0 Å². The highest BCUT2D eigenvalue weighted by Gasteiger charge is 2.17. The zero-order chi connectivity index (χ0) is 19.3. The van der Waals surface area contributed by atoms with Crippen LogP contribution in [0, 0.1) is 0 Å². The summed E-state index contributed by atoms with van der Waals surface area (Å²) < 4.78 is 12.8. The van der Waals surface area contributed by atoms with E-state index in [0.29, 0.717) is 28.1 Å². The number of rotatable bonds is 7. The molecule has 0 spiro atoms. The van der Waals surface area contributed by atoms with Gasteiger partial charge in [0.2, 0.25) is 0 Å². The van der Waals surface area contributed by atoms with Gasteiger partial charge in [0.15, 0.2) is 11.5 Å². The molecule has 0 heterocycles. The summed E-state index contributed by atoms with van der Waals surface area (Å²) in [6.45, 7) is 6.80. The maximum Gasteiger partial charge on any atom is 0.255 e. The minimum atomic E-state index is -0.199. The summed E-state index contributed by atoms with van der Waals surface area (Å²) in [5.74, 6) is 1.22. The molecule has 2 rings (SSSR count). The Morgan fingerprint density at radius 2 is 1.92 bits per heavy atom. The van der Waals surface area contributed by atoms with Crippen LogP contribution in [0.15, 0.2) is 39.3 Å². The molecule has 0 saturated heterocycles. The third-order valence-corrected chi connectivity index (χ3v) is 4.91. The first-order valence-electron chi connectivity index (χ1n) is 8.48. The van der Waals surface area contributed by atoms with Crippen molar-refractivity contribution in [2.45, 2.75) is 33.1 Å². The fourth-order valence-corrected chi connectivity index (χ4v) is 3.45. The summed E-state index contributed by atoms with van der Waals surface area (Å²) in [4.78, 5) is 12.8. The number of amides is 1. The van der Waals surface area contributed by atoms with Crippen molar-refractivity contribution < 1.29 is 14.3 Å². The van der Waals surface area contributed by atoms with Gasteiger partial charge in [-0.1, -0.05) is 36.7 Å². The number of hydrogen-bond acceptors (Lipinski definition) is 3. The van der Waals surface area contributed by atoms with E-state index < -0.39 is 0 Å². The third kappa shape index (κ3) is 5.01. The number of halogens is 2. The SMILES string of the molecule is CCCOc1c(Br)cc(C(=O)Nc2ccc(Br)cc2C(C)C)cc1OC. The van der Waals surface area contributed by atoms with Crippen molar-refractivity contribution in [2.75, 3.05) is 19.0 Å². The molecule has 0 aliphatic rings. The number of nitrogens with one attached hydrogen (secondary N) is 1. The number of anilines is 1. The van der Waals surface area contributed by atoms with Gasteiger partial charge in [-0.25, -0.2) is 0 Å². The Morgan fingerprint density at radius 1 is 1.19 bits per heavy atom. The molecule has 0 unspecified atom stereocenters. The maximum atomic E-state index is 12.8. The van der Waals surface area contributed by atoms with Gasteiger partial charge in [-0.15, -0.1) is 0 Å². The molecular weight excluding hydrogens is 462 g/mol. The normalized spacial score (nSPS) is 10.7.